The van der Waals surface area contributed by atoms with Crippen molar-refractivity contribution in [3.63, 3.8) is 0 Å². The standard InChI is InChI=1S/C32H32N2O6/c1-3-4-5-6-17-39-24-14-12-22(13-15-24)28-27(30(36)32(37)34(28)20-21-9-8-16-33-19-21)29(35)26-18-23-10-7-11-25(38-2)31(23)40-26/h7-16,18-19,28,36H,3-6,17,20H2,1-2H3. The Hall–Kier alpha value is -4.59. The average molecular weight is 541 g/mol. The molecule has 0 fully saturated rings. The van der Waals surface area contributed by atoms with Crippen molar-refractivity contribution in [3.8, 4) is 11.5 Å². The van der Waals surface area contributed by atoms with Gasteiger partial charge in [0.2, 0.25) is 5.78 Å². The maximum atomic E-state index is 13.9. The lowest BCUT2D eigenvalue weighted by molar-refractivity contribution is -0.130. The van der Waals surface area contributed by atoms with Crippen molar-refractivity contribution < 1.29 is 28.6 Å². The lowest BCUT2D eigenvalue weighted by Crippen LogP contribution is -2.30. The summed E-state index contributed by atoms with van der Waals surface area (Å²) in [5.74, 6) is -0.607. The highest BCUT2D eigenvalue weighted by Crippen LogP contribution is 2.41. The molecule has 1 N–H and O–H groups in total. The van der Waals surface area contributed by atoms with Gasteiger partial charge in [0.1, 0.15) is 5.75 Å². The number of aliphatic hydroxyl groups excluding tert-OH is 1. The summed E-state index contributed by atoms with van der Waals surface area (Å²) in [6.07, 6.45) is 7.73. The second kappa shape index (κ2) is 12.1. The fraction of sp³-hybridized carbons (Fsp3) is 0.281. The van der Waals surface area contributed by atoms with Gasteiger partial charge in [-0.25, -0.2) is 0 Å². The lowest BCUT2D eigenvalue weighted by Gasteiger charge is -2.26. The zero-order chi connectivity index (χ0) is 28.1. The maximum absolute atomic E-state index is 13.9. The molecule has 1 unspecified atom stereocenters. The minimum absolute atomic E-state index is 0.00844. The first-order chi connectivity index (χ1) is 19.5. The molecule has 0 radical (unpaired) electrons. The molecule has 0 saturated heterocycles. The highest BCUT2D eigenvalue weighted by molar-refractivity contribution is 6.16. The second-order valence-corrected chi connectivity index (χ2v) is 9.76. The zero-order valence-electron chi connectivity index (χ0n) is 22.6. The van der Waals surface area contributed by atoms with Crippen LogP contribution in [0.15, 0.2) is 88.8 Å². The summed E-state index contributed by atoms with van der Waals surface area (Å²) < 4.78 is 17.2. The molecular weight excluding hydrogens is 508 g/mol. The van der Waals surface area contributed by atoms with Gasteiger partial charge in [-0.1, -0.05) is 56.5 Å². The van der Waals surface area contributed by atoms with Crippen LogP contribution in [-0.4, -0.2) is 40.4 Å². The van der Waals surface area contributed by atoms with Crippen LogP contribution in [0.4, 0.5) is 0 Å². The van der Waals surface area contributed by atoms with E-state index in [1.54, 1.807) is 42.7 Å². The Kier molecular flexibility index (Phi) is 8.15. The number of pyridine rings is 1. The Bertz CT molecular complexity index is 1520. The molecule has 1 atom stereocenters. The van der Waals surface area contributed by atoms with E-state index in [0.717, 1.165) is 24.8 Å². The number of aromatic nitrogens is 1. The highest BCUT2D eigenvalue weighted by Gasteiger charge is 2.44. The quantitative estimate of drug-likeness (QED) is 0.160. The van der Waals surface area contributed by atoms with Crippen molar-refractivity contribution in [2.24, 2.45) is 0 Å². The van der Waals surface area contributed by atoms with Gasteiger partial charge < -0.3 is 23.9 Å². The summed E-state index contributed by atoms with van der Waals surface area (Å²) in [5.41, 5.74) is 1.81. The number of fused-ring (bicyclic) bond motifs is 1. The number of hydrogen-bond acceptors (Lipinski definition) is 7. The Balaban J connectivity index is 1.48. The average Bonchev–Trinajstić information content (AvgIpc) is 3.53. The van der Waals surface area contributed by atoms with Crippen molar-refractivity contribution in [1.29, 1.82) is 0 Å². The summed E-state index contributed by atoms with van der Waals surface area (Å²) >= 11 is 0. The van der Waals surface area contributed by atoms with E-state index in [2.05, 4.69) is 11.9 Å². The number of Topliss-reactive ketones (excluding diaryl/α,β-unsaturated/α-hetero) is 1. The summed E-state index contributed by atoms with van der Waals surface area (Å²) in [7, 11) is 1.52. The Morgan fingerprint density at radius 2 is 1.90 bits per heavy atom. The van der Waals surface area contributed by atoms with Gasteiger partial charge in [-0.05, 0) is 47.9 Å². The van der Waals surface area contributed by atoms with Crippen molar-refractivity contribution in [3.05, 3.63) is 101 Å². The predicted octanol–water partition coefficient (Wildman–Crippen LogP) is 6.57. The predicted molar refractivity (Wildman–Crippen MR) is 150 cm³/mol. The van der Waals surface area contributed by atoms with Crippen LogP contribution in [0.25, 0.3) is 11.0 Å². The van der Waals surface area contributed by atoms with E-state index < -0.39 is 23.5 Å². The van der Waals surface area contributed by atoms with Crippen LogP contribution in [0.5, 0.6) is 11.5 Å². The van der Waals surface area contributed by atoms with Crippen LogP contribution in [0.1, 0.15) is 60.3 Å². The molecule has 0 aliphatic carbocycles. The number of para-hydroxylation sites is 1. The number of methoxy groups -OCH3 is 1. The molecule has 0 bridgehead atoms. The van der Waals surface area contributed by atoms with Crippen molar-refractivity contribution >= 4 is 22.7 Å². The van der Waals surface area contributed by atoms with E-state index in [1.807, 2.05) is 30.3 Å². The van der Waals surface area contributed by atoms with Gasteiger partial charge in [0.15, 0.2) is 22.9 Å². The van der Waals surface area contributed by atoms with Gasteiger partial charge in [-0.3, -0.25) is 14.6 Å². The first kappa shape index (κ1) is 27.0. The SMILES string of the molecule is CCCCCCOc1ccc(C2C(C(=O)c3cc4cccc(OC)c4o3)=C(O)C(=O)N2Cc2cccnc2)cc1. The summed E-state index contributed by atoms with van der Waals surface area (Å²) in [4.78, 5) is 32.9. The molecule has 4 aromatic rings. The number of carbonyl (C=O) groups excluding carboxylic acids is 2. The fourth-order valence-electron chi connectivity index (χ4n) is 4.99. The Labute approximate surface area is 232 Å². The van der Waals surface area contributed by atoms with Crippen LogP contribution in [0, 0.1) is 0 Å². The number of ether oxygens (including phenoxy) is 2. The van der Waals surface area contributed by atoms with E-state index in [1.165, 1.54) is 18.4 Å². The van der Waals surface area contributed by atoms with Gasteiger partial charge >= 0.3 is 0 Å². The van der Waals surface area contributed by atoms with E-state index in [-0.39, 0.29) is 17.9 Å². The molecule has 8 heteroatoms. The smallest absolute Gasteiger partial charge is 0.290 e. The van der Waals surface area contributed by atoms with E-state index in [0.29, 0.717) is 34.6 Å². The van der Waals surface area contributed by atoms with Gasteiger partial charge in [-0.15, -0.1) is 0 Å². The van der Waals surface area contributed by atoms with E-state index in [9.17, 15) is 14.7 Å². The normalized spacial score (nSPS) is 15.2. The Morgan fingerprint density at radius 3 is 2.62 bits per heavy atom. The van der Waals surface area contributed by atoms with Crippen LogP contribution >= 0.6 is 0 Å². The number of hydrogen-bond donors (Lipinski definition) is 1. The molecule has 3 heterocycles. The number of rotatable bonds is 12. The van der Waals surface area contributed by atoms with Crippen molar-refractivity contribution in [2.75, 3.05) is 13.7 Å². The Morgan fingerprint density at radius 1 is 1.07 bits per heavy atom. The minimum atomic E-state index is -0.839. The number of aliphatic hydroxyl groups is 1. The first-order valence-corrected chi connectivity index (χ1v) is 13.5. The highest BCUT2D eigenvalue weighted by atomic mass is 16.5. The number of unbranched alkanes of at least 4 members (excludes halogenated alkanes) is 3. The maximum Gasteiger partial charge on any atom is 0.290 e. The number of furan rings is 1. The van der Waals surface area contributed by atoms with Gasteiger partial charge in [0.25, 0.3) is 5.91 Å². The molecular formula is C32H32N2O6. The van der Waals surface area contributed by atoms with E-state index in [4.69, 9.17) is 13.9 Å². The molecule has 2 aromatic heterocycles. The van der Waals surface area contributed by atoms with Crippen LogP contribution in [0.3, 0.4) is 0 Å². The largest absolute Gasteiger partial charge is 0.503 e. The third-order valence-electron chi connectivity index (χ3n) is 7.04. The minimum Gasteiger partial charge on any atom is -0.503 e. The first-order valence-electron chi connectivity index (χ1n) is 13.5. The summed E-state index contributed by atoms with van der Waals surface area (Å²) in [5, 5.41) is 11.7. The second-order valence-electron chi connectivity index (χ2n) is 9.76. The number of amides is 1. The van der Waals surface area contributed by atoms with Gasteiger partial charge in [0.05, 0.1) is 25.3 Å². The molecule has 0 spiro atoms. The number of nitrogens with zero attached hydrogens (tertiary/aromatic N) is 2. The molecule has 1 aliphatic rings. The van der Waals surface area contributed by atoms with Crippen LogP contribution < -0.4 is 9.47 Å². The monoisotopic (exact) mass is 540 g/mol. The topological polar surface area (TPSA) is 102 Å². The molecule has 1 aliphatic heterocycles. The van der Waals surface area contributed by atoms with Crippen LogP contribution in [0.2, 0.25) is 0 Å². The fourth-order valence-corrected chi connectivity index (χ4v) is 4.99. The molecule has 8 nitrogen and oxygen atoms in total. The molecule has 0 saturated carbocycles. The number of ketones is 1. The molecule has 1 amide bonds. The van der Waals surface area contributed by atoms with Gasteiger partial charge in [0, 0.05) is 24.3 Å². The van der Waals surface area contributed by atoms with Crippen LogP contribution in [-0.2, 0) is 11.3 Å². The lowest BCUT2D eigenvalue weighted by atomic mass is 9.94. The number of benzene rings is 2. The third kappa shape index (κ3) is 5.43. The van der Waals surface area contributed by atoms with Gasteiger partial charge in [-0.2, -0.15) is 0 Å². The van der Waals surface area contributed by atoms with Crippen molar-refractivity contribution in [1.82, 2.24) is 9.88 Å². The molecule has 5 rings (SSSR count). The molecule has 40 heavy (non-hydrogen) atoms. The van der Waals surface area contributed by atoms with Crippen molar-refractivity contribution in [2.45, 2.75) is 45.2 Å². The third-order valence-corrected chi connectivity index (χ3v) is 7.04. The molecule has 206 valence electrons. The number of carbonyl (C=O) groups is 2. The van der Waals surface area contributed by atoms with E-state index >= 15 is 0 Å². The molecule has 2 aromatic carbocycles. The zero-order valence-corrected chi connectivity index (χ0v) is 22.6. The summed E-state index contributed by atoms with van der Waals surface area (Å²) in [6.45, 7) is 2.94. The summed E-state index contributed by atoms with van der Waals surface area (Å²) in [6, 6.07) is 17.0.